The number of nitrogens with zero attached hydrogens (tertiary/aromatic N) is 2. The maximum Gasteiger partial charge on any atom is 0.225 e. The highest BCUT2D eigenvalue weighted by atomic mass is 32.1. The molecule has 0 atom stereocenters. The van der Waals surface area contributed by atoms with E-state index in [4.69, 9.17) is 9.47 Å². The van der Waals surface area contributed by atoms with E-state index in [2.05, 4.69) is 16.9 Å². The maximum absolute atomic E-state index is 12.8. The van der Waals surface area contributed by atoms with Gasteiger partial charge in [0, 0.05) is 4.88 Å². The number of benzene rings is 1. The number of ether oxygens (including phenoxy) is 2. The Morgan fingerprint density at radius 3 is 2.55 bits per heavy atom. The number of thiophene rings is 1. The lowest BCUT2D eigenvalue weighted by molar-refractivity contribution is 0.213. The summed E-state index contributed by atoms with van der Waals surface area (Å²) >= 11 is 1.63. The fourth-order valence-corrected chi connectivity index (χ4v) is 3.08. The lowest BCUT2D eigenvalue weighted by Gasteiger charge is -2.08. The van der Waals surface area contributed by atoms with Crippen LogP contribution in [-0.4, -0.2) is 23.2 Å². The second-order valence-electron chi connectivity index (χ2n) is 4.79. The van der Waals surface area contributed by atoms with Gasteiger partial charge in [0.1, 0.15) is 35.9 Å². The Hall–Kier alpha value is -2.21. The highest BCUT2D eigenvalue weighted by Gasteiger charge is 2.12. The Balaban J connectivity index is 1.63. The van der Waals surface area contributed by atoms with Crippen molar-refractivity contribution in [2.24, 2.45) is 0 Å². The molecule has 1 aromatic carbocycles. The minimum atomic E-state index is -0.282. The van der Waals surface area contributed by atoms with Crippen molar-refractivity contribution in [3.05, 3.63) is 46.9 Å². The molecule has 0 aliphatic carbocycles. The first kappa shape index (κ1) is 14.7. The number of aromatic nitrogens is 2. The van der Waals surface area contributed by atoms with Crippen molar-refractivity contribution in [2.75, 3.05) is 13.2 Å². The first-order valence-electron chi connectivity index (χ1n) is 6.87. The van der Waals surface area contributed by atoms with Gasteiger partial charge in [-0.1, -0.05) is 0 Å². The standard InChI is InChI=1S/C16H15FN2O2S/c1-10-11(2)22-16-14(10)15(18-9-19-16)21-8-7-20-13-5-3-12(17)4-6-13/h3-6,9H,7-8H2,1-2H3. The van der Waals surface area contributed by atoms with E-state index in [9.17, 15) is 4.39 Å². The molecule has 2 heterocycles. The molecule has 0 saturated heterocycles. The minimum Gasteiger partial charge on any atom is -0.490 e. The summed E-state index contributed by atoms with van der Waals surface area (Å²) in [4.78, 5) is 10.6. The Labute approximate surface area is 131 Å². The van der Waals surface area contributed by atoms with Crippen molar-refractivity contribution in [2.45, 2.75) is 13.8 Å². The summed E-state index contributed by atoms with van der Waals surface area (Å²) in [5.74, 6) is 0.908. The van der Waals surface area contributed by atoms with Crippen LogP contribution in [0.1, 0.15) is 10.4 Å². The summed E-state index contributed by atoms with van der Waals surface area (Å²) in [6.45, 7) is 4.82. The van der Waals surface area contributed by atoms with E-state index in [0.29, 0.717) is 24.8 Å². The van der Waals surface area contributed by atoms with Crippen LogP contribution < -0.4 is 9.47 Å². The Morgan fingerprint density at radius 2 is 1.77 bits per heavy atom. The summed E-state index contributed by atoms with van der Waals surface area (Å²) in [6, 6.07) is 5.90. The first-order valence-corrected chi connectivity index (χ1v) is 7.68. The third-order valence-electron chi connectivity index (χ3n) is 3.34. The van der Waals surface area contributed by atoms with Crippen molar-refractivity contribution < 1.29 is 13.9 Å². The SMILES string of the molecule is Cc1sc2ncnc(OCCOc3ccc(F)cc3)c2c1C. The van der Waals surface area contributed by atoms with Crippen LogP contribution in [0, 0.1) is 19.7 Å². The molecule has 0 radical (unpaired) electrons. The van der Waals surface area contributed by atoms with E-state index in [1.54, 1.807) is 23.5 Å². The van der Waals surface area contributed by atoms with Crippen LogP contribution in [0.2, 0.25) is 0 Å². The van der Waals surface area contributed by atoms with Gasteiger partial charge in [-0.05, 0) is 43.7 Å². The quantitative estimate of drug-likeness (QED) is 0.669. The molecule has 3 aromatic rings. The molecule has 0 fully saturated rings. The Morgan fingerprint density at radius 1 is 1.05 bits per heavy atom. The monoisotopic (exact) mass is 318 g/mol. The van der Waals surface area contributed by atoms with E-state index in [-0.39, 0.29) is 5.82 Å². The van der Waals surface area contributed by atoms with Gasteiger partial charge in [-0.3, -0.25) is 0 Å². The first-order chi connectivity index (χ1) is 10.6. The number of rotatable bonds is 5. The highest BCUT2D eigenvalue weighted by molar-refractivity contribution is 7.18. The average molecular weight is 318 g/mol. The molecular formula is C16H15FN2O2S. The zero-order valence-corrected chi connectivity index (χ0v) is 13.1. The second-order valence-corrected chi connectivity index (χ2v) is 6.00. The van der Waals surface area contributed by atoms with Crippen LogP contribution in [0.3, 0.4) is 0 Å². The lowest BCUT2D eigenvalue weighted by Crippen LogP contribution is -2.10. The molecule has 0 bridgehead atoms. The van der Waals surface area contributed by atoms with Gasteiger partial charge in [-0.2, -0.15) is 0 Å². The van der Waals surface area contributed by atoms with Crippen molar-refractivity contribution in [1.29, 1.82) is 0 Å². The third kappa shape index (κ3) is 3.01. The number of fused-ring (bicyclic) bond motifs is 1. The molecule has 0 aliphatic heterocycles. The van der Waals surface area contributed by atoms with Crippen molar-refractivity contribution in [3.63, 3.8) is 0 Å². The smallest absolute Gasteiger partial charge is 0.225 e. The van der Waals surface area contributed by atoms with Gasteiger partial charge in [0.05, 0.1) is 5.39 Å². The molecule has 4 nitrogen and oxygen atoms in total. The molecule has 0 aliphatic rings. The van der Waals surface area contributed by atoms with Crippen LogP contribution in [0.25, 0.3) is 10.2 Å². The van der Waals surface area contributed by atoms with E-state index in [0.717, 1.165) is 15.8 Å². The van der Waals surface area contributed by atoms with Crippen LogP contribution in [-0.2, 0) is 0 Å². The number of hydrogen-bond donors (Lipinski definition) is 0. The van der Waals surface area contributed by atoms with Crippen LogP contribution >= 0.6 is 11.3 Å². The molecule has 22 heavy (non-hydrogen) atoms. The molecule has 0 unspecified atom stereocenters. The Bertz CT molecular complexity index is 787. The summed E-state index contributed by atoms with van der Waals surface area (Å²) in [5, 5.41) is 0.965. The zero-order chi connectivity index (χ0) is 15.5. The van der Waals surface area contributed by atoms with E-state index in [1.165, 1.54) is 23.3 Å². The molecule has 0 amide bonds. The third-order valence-corrected chi connectivity index (χ3v) is 4.45. The summed E-state index contributed by atoms with van der Waals surface area (Å²) in [5.41, 5.74) is 1.15. The van der Waals surface area contributed by atoms with Crippen molar-refractivity contribution >= 4 is 21.6 Å². The number of halogens is 1. The average Bonchev–Trinajstić information content (AvgIpc) is 2.81. The van der Waals surface area contributed by atoms with Crippen LogP contribution in [0.15, 0.2) is 30.6 Å². The van der Waals surface area contributed by atoms with Gasteiger partial charge in [0.15, 0.2) is 0 Å². The van der Waals surface area contributed by atoms with Crippen LogP contribution in [0.4, 0.5) is 4.39 Å². The van der Waals surface area contributed by atoms with E-state index < -0.39 is 0 Å². The molecule has 0 N–H and O–H groups in total. The van der Waals surface area contributed by atoms with Crippen molar-refractivity contribution in [1.82, 2.24) is 9.97 Å². The van der Waals surface area contributed by atoms with Gasteiger partial charge in [0.25, 0.3) is 0 Å². The maximum atomic E-state index is 12.8. The molecule has 0 saturated carbocycles. The normalized spacial score (nSPS) is 10.9. The highest BCUT2D eigenvalue weighted by Crippen LogP contribution is 2.33. The van der Waals surface area contributed by atoms with Gasteiger partial charge < -0.3 is 9.47 Å². The van der Waals surface area contributed by atoms with E-state index in [1.807, 2.05) is 6.92 Å². The molecule has 0 spiro atoms. The fraction of sp³-hybridized carbons (Fsp3) is 0.250. The van der Waals surface area contributed by atoms with Gasteiger partial charge >= 0.3 is 0 Å². The van der Waals surface area contributed by atoms with Gasteiger partial charge in [-0.25, -0.2) is 14.4 Å². The summed E-state index contributed by atoms with van der Waals surface area (Å²) < 4.78 is 24.0. The van der Waals surface area contributed by atoms with Gasteiger partial charge in [0.2, 0.25) is 5.88 Å². The molecule has 3 rings (SSSR count). The lowest BCUT2D eigenvalue weighted by atomic mass is 10.2. The van der Waals surface area contributed by atoms with Gasteiger partial charge in [-0.15, -0.1) is 11.3 Å². The van der Waals surface area contributed by atoms with E-state index >= 15 is 0 Å². The number of hydrogen-bond acceptors (Lipinski definition) is 5. The predicted molar refractivity (Wildman–Crippen MR) is 84.3 cm³/mol. The predicted octanol–water partition coefficient (Wildman–Crippen LogP) is 3.91. The molecule has 6 heteroatoms. The molecule has 114 valence electrons. The fourth-order valence-electron chi connectivity index (χ4n) is 2.09. The van der Waals surface area contributed by atoms with Crippen LogP contribution in [0.5, 0.6) is 11.6 Å². The number of aryl methyl sites for hydroxylation is 2. The van der Waals surface area contributed by atoms with Crippen molar-refractivity contribution in [3.8, 4) is 11.6 Å². The summed E-state index contributed by atoms with van der Waals surface area (Å²) in [7, 11) is 0. The molecular weight excluding hydrogens is 303 g/mol. The Kier molecular flexibility index (Phi) is 4.20. The molecule has 2 aromatic heterocycles. The minimum absolute atomic E-state index is 0.282. The topological polar surface area (TPSA) is 44.2 Å². The summed E-state index contributed by atoms with van der Waals surface area (Å²) in [6.07, 6.45) is 1.51. The zero-order valence-electron chi connectivity index (χ0n) is 12.3. The largest absolute Gasteiger partial charge is 0.490 e. The second kappa shape index (κ2) is 6.27.